The molecule has 0 radical (unpaired) electrons. The molecule has 1 fully saturated rings. The molecule has 0 spiro atoms. The smallest absolute Gasteiger partial charge is 0.274 e. The number of hydrogen-bond acceptors (Lipinski definition) is 4. The lowest BCUT2D eigenvalue weighted by atomic mass is 9.98. The van der Waals surface area contributed by atoms with Gasteiger partial charge >= 0.3 is 0 Å². The molecule has 0 saturated carbocycles. The predicted molar refractivity (Wildman–Crippen MR) is 78.8 cm³/mol. The number of halogens is 1. The van der Waals surface area contributed by atoms with Crippen molar-refractivity contribution in [2.45, 2.75) is 38.9 Å². The molecule has 110 valence electrons. The number of carbonyl (C=O) groups is 1. The van der Waals surface area contributed by atoms with Crippen LogP contribution in [0.4, 0.5) is 5.82 Å². The maximum atomic E-state index is 12.6. The molecule has 0 unspecified atom stereocenters. The molecule has 1 aromatic rings. The molecule has 1 aliphatic rings. The first-order valence-electron chi connectivity index (χ1n) is 6.51. The van der Waals surface area contributed by atoms with E-state index in [1.807, 2.05) is 27.7 Å². The molecule has 20 heavy (non-hydrogen) atoms. The van der Waals surface area contributed by atoms with Crippen molar-refractivity contribution in [2.75, 3.05) is 18.8 Å². The number of amides is 1. The van der Waals surface area contributed by atoms with Crippen LogP contribution in [0.2, 0.25) is 5.02 Å². The fourth-order valence-electron chi connectivity index (χ4n) is 2.69. The third-order valence-corrected chi connectivity index (χ3v) is 3.36. The Labute approximate surface area is 124 Å². The van der Waals surface area contributed by atoms with Crippen LogP contribution in [-0.4, -0.2) is 40.1 Å². The molecule has 1 aromatic heterocycles. The molecule has 1 aliphatic heterocycles. The summed E-state index contributed by atoms with van der Waals surface area (Å²) in [5.41, 5.74) is 5.01. The third kappa shape index (κ3) is 3.22. The topological polar surface area (TPSA) is 68.5 Å². The van der Waals surface area contributed by atoms with Crippen LogP contribution in [-0.2, 0) is 4.74 Å². The highest BCUT2D eigenvalue weighted by Crippen LogP contribution is 2.29. The average Bonchev–Trinajstić information content (AvgIpc) is 2.27. The fourth-order valence-corrected chi connectivity index (χ4v) is 2.87. The van der Waals surface area contributed by atoms with Gasteiger partial charge in [0.2, 0.25) is 0 Å². The van der Waals surface area contributed by atoms with Gasteiger partial charge in [-0.3, -0.25) is 4.79 Å². The summed E-state index contributed by atoms with van der Waals surface area (Å²) in [4.78, 5) is 18.4. The number of aromatic nitrogens is 1. The van der Waals surface area contributed by atoms with Crippen LogP contribution in [0, 0.1) is 0 Å². The second-order valence-corrected chi connectivity index (χ2v) is 6.76. The second kappa shape index (κ2) is 4.90. The van der Waals surface area contributed by atoms with Gasteiger partial charge in [0.1, 0.15) is 11.5 Å². The van der Waals surface area contributed by atoms with E-state index in [2.05, 4.69) is 4.98 Å². The SMILES string of the molecule is CC1(C)CN(C(=O)c2nc(N)ccc2Cl)CC(C)(C)O1. The summed E-state index contributed by atoms with van der Waals surface area (Å²) >= 11 is 6.06. The Bertz CT molecular complexity index is 527. The lowest BCUT2D eigenvalue weighted by molar-refractivity contribution is -0.171. The van der Waals surface area contributed by atoms with Crippen LogP contribution in [0.15, 0.2) is 12.1 Å². The molecule has 0 atom stereocenters. The Morgan fingerprint density at radius 2 is 1.85 bits per heavy atom. The van der Waals surface area contributed by atoms with Gasteiger partial charge in [0, 0.05) is 13.1 Å². The van der Waals surface area contributed by atoms with Crippen molar-refractivity contribution < 1.29 is 9.53 Å². The van der Waals surface area contributed by atoms with Crippen LogP contribution < -0.4 is 5.73 Å². The summed E-state index contributed by atoms with van der Waals surface area (Å²) in [5.74, 6) is 0.0660. The lowest BCUT2D eigenvalue weighted by Crippen LogP contribution is -2.58. The van der Waals surface area contributed by atoms with Gasteiger partial charge in [-0.15, -0.1) is 0 Å². The monoisotopic (exact) mass is 297 g/mol. The van der Waals surface area contributed by atoms with Crippen molar-refractivity contribution in [3.63, 3.8) is 0 Å². The molecule has 5 nitrogen and oxygen atoms in total. The van der Waals surface area contributed by atoms with E-state index in [0.717, 1.165) is 0 Å². The highest BCUT2D eigenvalue weighted by atomic mass is 35.5. The first-order chi connectivity index (χ1) is 9.10. The van der Waals surface area contributed by atoms with E-state index < -0.39 is 11.2 Å². The summed E-state index contributed by atoms with van der Waals surface area (Å²) in [6.45, 7) is 8.82. The van der Waals surface area contributed by atoms with Gasteiger partial charge in [-0.1, -0.05) is 11.6 Å². The Morgan fingerprint density at radius 1 is 1.30 bits per heavy atom. The third-order valence-electron chi connectivity index (χ3n) is 3.05. The van der Waals surface area contributed by atoms with Crippen molar-refractivity contribution in [3.8, 4) is 0 Å². The summed E-state index contributed by atoms with van der Waals surface area (Å²) in [6.07, 6.45) is 0. The number of carbonyl (C=O) groups excluding carboxylic acids is 1. The maximum absolute atomic E-state index is 12.6. The summed E-state index contributed by atoms with van der Waals surface area (Å²) in [6, 6.07) is 3.17. The molecular formula is C14H20ClN3O2. The van der Waals surface area contributed by atoms with Gasteiger partial charge in [0.15, 0.2) is 0 Å². The zero-order chi connectivity index (χ0) is 15.1. The van der Waals surface area contributed by atoms with Crippen molar-refractivity contribution in [1.29, 1.82) is 0 Å². The largest absolute Gasteiger partial charge is 0.384 e. The fraction of sp³-hybridized carbons (Fsp3) is 0.571. The van der Waals surface area contributed by atoms with Gasteiger partial charge < -0.3 is 15.4 Å². The minimum Gasteiger partial charge on any atom is -0.384 e. The van der Waals surface area contributed by atoms with Crippen LogP contribution >= 0.6 is 11.6 Å². The number of nitrogen functional groups attached to an aromatic ring is 1. The van der Waals surface area contributed by atoms with Crippen molar-refractivity contribution in [3.05, 3.63) is 22.8 Å². The minimum atomic E-state index is -0.412. The first kappa shape index (κ1) is 15.1. The van der Waals surface area contributed by atoms with E-state index in [1.54, 1.807) is 17.0 Å². The number of rotatable bonds is 1. The standard InChI is InChI=1S/C14H20ClN3O2/c1-13(2)7-18(8-14(3,4)20-13)12(19)11-9(15)5-6-10(16)17-11/h5-6H,7-8H2,1-4H3,(H2,16,17). The zero-order valence-corrected chi connectivity index (χ0v) is 13.0. The first-order valence-corrected chi connectivity index (χ1v) is 6.89. The van der Waals surface area contributed by atoms with E-state index in [4.69, 9.17) is 22.1 Å². The molecule has 2 rings (SSSR count). The Balaban J connectivity index is 2.31. The summed E-state index contributed by atoms with van der Waals surface area (Å²) in [7, 11) is 0. The lowest BCUT2D eigenvalue weighted by Gasteiger charge is -2.47. The van der Waals surface area contributed by atoms with Crippen LogP contribution in [0.1, 0.15) is 38.2 Å². The number of anilines is 1. The molecule has 2 heterocycles. The maximum Gasteiger partial charge on any atom is 0.274 e. The Kier molecular flexibility index (Phi) is 3.69. The minimum absolute atomic E-state index is 0.195. The molecule has 1 saturated heterocycles. The van der Waals surface area contributed by atoms with Gasteiger partial charge in [-0.05, 0) is 39.8 Å². The van der Waals surface area contributed by atoms with E-state index in [1.165, 1.54) is 0 Å². The van der Waals surface area contributed by atoms with Crippen LogP contribution in [0.3, 0.4) is 0 Å². The quantitative estimate of drug-likeness (QED) is 0.864. The highest BCUT2D eigenvalue weighted by Gasteiger charge is 2.40. The van der Waals surface area contributed by atoms with Crippen molar-refractivity contribution in [2.24, 2.45) is 0 Å². The van der Waals surface area contributed by atoms with Crippen molar-refractivity contribution >= 4 is 23.3 Å². The molecule has 0 aliphatic carbocycles. The Hall–Kier alpha value is -1.33. The molecule has 6 heteroatoms. The van der Waals surface area contributed by atoms with Crippen LogP contribution in [0.25, 0.3) is 0 Å². The molecular weight excluding hydrogens is 278 g/mol. The number of morpholine rings is 1. The van der Waals surface area contributed by atoms with Gasteiger partial charge in [0.25, 0.3) is 5.91 Å². The van der Waals surface area contributed by atoms with E-state index in [9.17, 15) is 4.79 Å². The number of nitrogens with two attached hydrogens (primary N) is 1. The van der Waals surface area contributed by atoms with Gasteiger partial charge in [-0.25, -0.2) is 4.98 Å². The predicted octanol–water partition coefficient (Wildman–Crippen LogP) is 2.35. The van der Waals surface area contributed by atoms with Crippen LogP contribution in [0.5, 0.6) is 0 Å². The van der Waals surface area contributed by atoms with Gasteiger partial charge in [-0.2, -0.15) is 0 Å². The number of pyridine rings is 1. The zero-order valence-electron chi connectivity index (χ0n) is 12.2. The summed E-state index contributed by atoms with van der Waals surface area (Å²) < 4.78 is 5.96. The molecule has 0 bridgehead atoms. The average molecular weight is 298 g/mol. The Morgan fingerprint density at radius 3 is 2.40 bits per heavy atom. The number of ether oxygens (including phenoxy) is 1. The van der Waals surface area contributed by atoms with Gasteiger partial charge in [0.05, 0.1) is 16.2 Å². The molecule has 0 aromatic carbocycles. The van der Waals surface area contributed by atoms with Crippen molar-refractivity contribution in [1.82, 2.24) is 9.88 Å². The summed E-state index contributed by atoms with van der Waals surface area (Å²) in [5, 5.41) is 0.311. The highest BCUT2D eigenvalue weighted by molar-refractivity contribution is 6.33. The number of hydrogen-bond donors (Lipinski definition) is 1. The van der Waals surface area contributed by atoms with E-state index in [0.29, 0.717) is 18.1 Å². The molecule has 1 amide bonds. The van der Waals surface area contributed by atoms with E-state index in [-0.39, 0.29) is 17.4 Å². The normalized spacial score (nSPS) is 20.8. The molecule has 2 N–H and O–H groups in total. The second-order valence-electron chi connectivity index (χ2n) is 6.35. The number of nitrogens with zero attached hydrogens (tertiary/aromatic N) is 2. The van der Waals surface area contributed by atoms with E-state index >= 15 is 0 Å².